The fourth-order valence-electron chi connectivity index (χ4n) is 3.26. The predicted molar refractivity (Wildman–Crippen MR) is 85.5 cm³/mol. The summed E-state index contributed by atoms with van der Waals surface area (Å²) >= 11 is 1.74. The minimum atomic E-state index is -0.288. The van der Waals surface area contributed by atoms with E-state index in [4.69, 9.17) is 4.74 Å². The maximum atomic E-state index is 12.9. The Hall–Kier alpha value is -1.00. The zero-order valence-electron chi connectivity index (χ0n) is 12.5. The van der Waals surface area contributed by atoms with Gasteiger partial charge in [0.25, 0.3) is 0 Å². The Bertz CT molecular complexity index is 485. The van der Waals surface area contributed by atoms with Gasteiger partial charge in [-0.25, -0.2) is 0 Å². The van der Waals surface area contributed by atoms with E-state index in [0.717, 1.165) is 38.7 Å². The van der Waals surface area contributed by atoms with E-state index in [0.29, 0.717) is 0 Å². The fourth-order valence-corrected chi connectivity index (χ4v) is 4.65. The first-order valence-electron chi connectivity index (χ1n) is 7.86. The van der Waals surface area contributed by atoms with E-state index in [1.54, 1.807) is 11.8 Å². The number of hydrogen-bond acceptors (Lipinski definition) is 3. The molecule has 4 heteroatoms. The first-order valence-corrected chi connectivity index (χ1v) is 8.68. The third-order valence-electron chi connectivity index (χ3n) is 4.57. The van der Waals surface area contributed by atoms with E-state index in [1.807, 2.05) is 25.1 Å². The molecule has 1 saturated carbocycles. The van der Waals surface area contributed by atoms with Gasteiger partial charge in [-0.3, -0.25) is 4.79 Å². The lowest BCUT2D eigenvalue weighted by molar-refractivity contribution is -0.124. The van der Waals surface area contributed by atoms with Gasteiger partial charge in [0.05, 0.1) is 16.9 Å². The molecule has 0 unspecified atom stereocenters. The largest absolute Gasteiger partial charge is 0.376 e. The number of hydrogen-bond donors (Lipinski definition) is 1. The summed E-state index contributed by atoms with van der Waals surface area (Å²) in [7, 11) is 0. The number of nitrogens with one attached hydrogen (secondary N) is 1. The average molecular weight is 305 g/mol. The van der Waals surface area contributed by atoms with Crippen molar-refractivity contribution in [2.45, 2.75) is 60.8 Å². The van der Waals surface area contributed by atoms with E-state index in [1.165, 1.54) is 4.90 Å². The van der Waals surface area contributed by atoms with Crippen LogP contribution in [0.5, 0.6) is 0 Å². The summed E-state index contributed by atoms with van der Waals surface area (Å²) in [5, 5.41) is 3.25. The van der Waals surface area contributed by atoms with E-state index in [2.05, 4.69) is 17.4 Å². The molecular weight excluding hydrogens is 282 g/mol. The SMILES string of the molecule is C[C@H]1OCC[C@@H]1NC(=O)C1(Sc2ccccc2)CCCC1. The lowest BCUT2D eigenvalue weighted by Crippen LogP contribution is -2.48. The molecular formula is C17H23NO2S. The highest BCUT2D eigenvalue weighted by molar-refractivity contribution is 8.01. The third-order valence-corrected chi connectivity index (χ3v) is 6.07. The number of ether oxygens (including phenoxy) is 1. The third kappa shape index (κ3) is 3.27. The second-order valence-corrected chi connectivity index (χ2v) is 7.52. The van der Waals surface area contributed by atoms with Crippen LogP contribution >= 0.6 is 11.8 Å². The summed E-state index contributed by atoms with van der Waals surface area (Å²) < 4.78 is 5.27. The Morgan fingerprint density at radius 2 is 2.00 bits per heavy atom. The Labute approximate surface area is 130 Å². The van der Waals surface area contributed by atoms with E-state index >= 15 is 0 Å². The molecule has 114 valence electrons. The Balaban J connectivity index is 1.72. The van der Waals surface area contributed by atoms with Crippen LogP contribution in [0.2, 0.25) is 0 Å². The van der Waals surface area contributed by atoms with Gasteiger partial charge in [-0.15, -0.1) is 11.8 Å². The molecule has 1 heterocycles. The number of amides is 1. The minimum Gasteiger partial charge on any atom is -0.376 e. The van der Waals surface area contributed by atoms with Crippen molar-refractivity contribution in [3.05, 3.63) is 30.3 Å². The number of carbonyl (C=O) groups excluding carboxylic acids is 1. The summed E-state index contributed by atoms with van der Waals surface area (Å²) in [5.74, 6) is 0.205. The summed E-state index contributed by atoms with van der Waals surface area (Å²) in [6.07, 6.45) is 5.29. The highest BCUT2D eigenvalue weighted by Gasteiger charge is 2.43. The number of thioether (sulfide) groups is 1. The van der Waals surface area contributed by atoms with Crippen molar-refractivity contribution in [1.29, 1.82) is 0 Å². The predicted octanol–water partition coefficient (Wildman–Crippen LogP) is 3.39. The molecule has 0 radical (unpaired) electrons. The molecule has 21 heavy (non-hydrogen) atoms. The van der Waals surface area contributed by atoms with Gasteiger partial charge in [-0.1, -0.05) is 31.0 Å². The Morgan fingerprint density at radius 3 is 2.62 bits per heavy atom. The van der Waals surface area contributed by atoms with Crippen molar-refractivity contribution < 1.29 is 9.53 Å². The smallest absolute Gasteiger partial charge is 0.236 e. The van der Waals surface area contributed by atoms with Crippen LogP contribution in [0.25, 0.3) is 0 Å². The van der Waals surface area contributed by atoms with Crippen molar-refractivity contribution in [1.82, 2.24) is 5.32 Å². The molecule has 1 N–H and O–H groups in total. The first-order chi connectivity index (χ1) is 10.2. The maximum absolute atomic E-state index is 12.9. The van der Waals surface area contributed by atoms with E-state index in [9.17, 15) is 4.79 Å². The lowest BCUT2D eigenvalue weighted by atomic mass is 10.0. The molecule has 0 bridgehead atoms. The van der Waals surface area contributed by atoms with Crippen LogP contribution in [0.15, 0.2) is 35.2 Å². The average Bonchev–Trinajstić information content (AvgIpc) is 3.11. The van der Waals surface area contributed by atoms with Gasteiger partial charge in [0, 0.05) is 11.5 Å². The minimum absolute atomic E-state index is 0.133. The Kier molecular flexibility index (Phi) is 4.55. The second-order valence-electron chi connectivity index (χ2n) is 6.06. The molecule has 2 atom stereocenters. The molecule has 1 aliphatic carbocycles. The first kappa shape index (κ1) is 14.9. The summed E-state index contributed by atoms with van der Waals surface area (Å²) in [6.45, 7) is 2.80. The van der Waals surface area contributed by atoms with Gasteiger partial charge in [-0.05, 0) is 38.3 Å². The summed E-state index contributed by atoms with van der Waals surface area (Å²) in [6, 6.07) is 10.5. The molecule has 0 spiro atoms. The maximum Gasteiger partial charge on any atom is 0.236 e. The molecule has 3 nitrogen and oxygen atoms in total. The normalized spacial score (nSPS) is 27.7. The van der Waals surface area contributed by atoms with Gasteiger partial charge >= 0.3 is 0 Å². The summed E-state index contributed by atoms with van der Waals surface area (Å²) in [4.78, 5) is 14.1. The zero-order valence-corrected chi connectivity index (χ0v) is 13.3. The summed E-state index contributed by atoms with van der Waals surface area (Å²) in [5.41, 5.74) is 0. The van der Waals surface area contributed by atoms with Crippen LogP contribution in [0, 0.1) is 0 Å². The quantitative estimate of drug-likeness (QED) is 0.926. The highest BCUT2D eigenvalue weighted by atomic mass is 32.2. The number of carbonyl (C=O) groups is 1. The molecule has 3 rings (SSSR count). The number of benzene rings is 1. The van der Waals surface area contributed by atoms with Crippen molar-refractivity contribution in [2.24, 2.45) is 0 Å². The van der Waals surface area contributed by atoms with Gasteiger partial charge in [0.1, 0.15) is 0 Å². The molecule has 0 aromatic heterocycles. The molecule has 2 fully saturated rings. The monoisotopic (exact) mass is 305 g/mol. The van der Waals surface area contributed by atoms with Gasteiger partial charge in [-0.2, -0.15) is 0 Å². The topological polar surface area (TPSA) is 38.3 Å². The van der Waals surface area contributed by atoms with Crippen molar-refractivity contribution in [3.63, 3.8) is 0 Å². The van der Waals surface area contributed by atoms with Gasteiger partial charge < -0.3 is 10.1 Å². The number of rotatable bonds is 4. The molecule has 1 saturated heterocycles. The standard InChI is InChI=1S/C17H23NO2S/c1-13-15(9-12-20-13)18-16(19)17(10-5-6-11-17)21-14-7-3-2-4-8-14/h2-4,7-8,13,15H,5-6,9-12H2,1H3,(H,18,19)/t13-,15+/m1/s1. The van der Waals surface area contributed by atoms with Crippen molar-refractivity contribution in [3.8, 4) is 0 Å². The van der Waals surface area contributed by atoms with Crippen molar-refractivity contribution >= 4 is 17.7 Å². The molecule has 2 aliphatic rings. The van der Waals surface area contributed by atoms with Crippen LogP contribution in [0.3, 0.4) is 0 Å². The van der Waals surface area contributed by atoms with E-state index in [-0.39, 0.29) is 22.8 Å². The molecule has 1 aromatic carbocycles. The second kappa shape index (κ2) is 6.41. The molecule has 1 aliphatic heterocycles. The molecule has 1 amide bonds. The van der Waals surface area contributed by atoms with Gasteiger partial charge in [0.2, 0.25) is 5.91 Å². The van der Waals surface area contributed by atoms with Crippen LogP contribution in [-0.2, 0) is 9.53 Å². The van der Waals surface area contributed by atoms with Crippen LogP contribution < -0.4 is 5.32 Å². The van der Waals surface area contributed by atoms with Crippen molar-refractivity contribution in [2.75, 3.05) is 6.61 Å². The molecule has 1 aromatic rings. The Morgan fingerprint density at radius 1 is 1.29 bits per heavy atom. The van der Waals surface area contributed by atoms with Gasteiger partial charge in [0.15, 0.2) is 0 Å². The van der Waals surface area contributed by atoms with Crippen LogP contribution in [0.1, 0.15) is 39.0 Å². The van der Waals surface area contributed by atoms with Crippen LogP contribution in [0.4, 0.5) is 0 Å². The zero-order chi connectivity index (χ0) is 14.7. The van der Waals surface area contributed by atoms with Crippen LogP contribution in [-0.4, -0.2) is 29.4 Å². The highest BCUT2D eigenvalue weighted by Crippen LogP contribution is 2.45. The fraction of sp³-hybridized carbons (Fsp3) is 0.588. The lowest BCUT2D eigenvalue weighted by Gasteiger charge is -2.29. The van der Waals surface area contributed by atoms with E-state index < -0.39 is 0 Å².